The molecule has 1 aliphatic rings. The second-order valence-electron chi connectivity index (χ2n) is 16.8. The number of aliphatic hydroxyl groups is 1. The normalized spacial score (nSPS) is 13.8. The first-order chi connectivity index (χ1) is 30.0. The van der Waals surface area contributed by atoms with Crippen LogP contribution in [0.3, 0.4) is 0 Å². The van der Waals surface area contributed by atoms with Crippen molar-refractivity contribution in [1.82, 2.24) is 0 Å². The molecule has 1 heterocycles. The maximum atomic E-state index is 11.6. The molecule has 1 saturated heterocycles. The molecule has 0 amide bonds. The third-order valence-electron chi connectivity index (χ3n) is 10.6. The lowest BCUT2D eigenvalue weighted by Gasteiger charge is -2.13. The van der Waals surface area contributed by atoms with Crippen LogP contribution in [0.25, 0.3) is 0 Å². The van der Waals surface area contributed by atoms with Gasteiger partial charge < -0.3 is 38.4 Å². The Morgan fingerprint density at radius 3 is 1.06 bits per heavy atom. The number of epoxide rings is 1. The zero-order valence-corrected chi connectivity index (χ0v) is 40.9. The van der Waals surface area contributed by atoms with E-state index >= 15 is 0 Å². The summed E-state index contributed by atoms with van der Waals surface area (Å²) in [6.45, 7) is 14.8. The van der Waals surface area contributed by atoms with Crippen LogP contribution in [0.15, 0.2) is 0 Å². The molecule has 0 aromatic rings. The van der Waals surface area contributed by atoms with E-state index in [0.29, 0.717) is 63.9 Å². The van der Waals surface area contributed by atoms with Gasteiger partial charge in [0.2, 0.25) is 0 Å². The van der Waals surface area contributed by atoms with Gasteiger partial charge in [0.15, 0.2) is 6.29 Å². The van der Waals surface area contributed by atoms with E-state index in [2.05, 4.69) is 41.5 Å². The van der Waals surface area contributed by atoms with Crippen molar-refractivity contribution >= 4 is 36.8 Å². The number of unbranched alkanes of at least 4 members (excludes halogenated alkanes) is 21. The summed E-state index contributed by atoms with van der Waals surface area (Å²) in [6.07, 6.45) is 36.2. The maximum Gasteiger partial charge on any atom is 0.305 e. The molecule has 2 atom stereocenters. The number of carbonyl (C=O) groups excluding carboxylic acids is 6. The molecule has 1 N–H and O–H groups in total. The van der Waals surface area contributed by atoms with E-state index in [1.54, 1.807) is 0 Å². The van der Waals surface area contributed by atoms with Crippen LogP contribution < -0.4 is 0 Å². The first kappa shape index (κ1) is 63.6. The van der Waals surface area contributed by atoms with Gasteiger partial charge in [0, 0.05) is 32.1 Å². The Labute approximate surface area is 379 Å². The van der Waals surface area contributed by atoms with Crippen molar-refractivity contribution < 1.29 is 52.8 Å². The van der Waals surface area contributed by atoms with Crippen molar-refractivity contribution in [1.29, 1.82) is 0 Å². The van der Waals surface area contributed by atoms with Crippen LogP contribution in [0.1, 0.15) is 253 Å². The Morgan fingerprint density at radius 1 is 0.468 bits per heavy atom. The SMILES string of the molecule is CCCCCCCC.CCCCCCCCOC(=O)CCCCCCCC1OC1C.CCCCOC(=O)CCCCCCCCC(=O)OCCCC.O=CCC(O)(C=O)CC=O. The second kappa shape index (κ2) is 51.0. The zero-order valence-electron chi connectivity index (χ0n) is 40.9. The molecule has 0 bridgehead atoms. The lowest BCUT2D eigenvalue weighted by atomic mass is 10.00. The van der Waals surface area contributed by atoms with Gasteiger partial charge in [-0.25, -0.2) is 0 Å². The summed E-state index contributed by atoms with van der Waals surface area (Å²) < 4.78 is 20.9. The van der Waals surface area contributed by atoms with E-state index in [1.807, 2.05) is 0 Å². The van der Waals surface area contributed by atoms with E-state index in [1.165, 1.54) is 96.3 Å². The first-order valence-corrected chi connectivity index (χ1v) is 25.2. The summed E-state index contributed by atoms with van der Waals surface area (Å²) in [5, 5.41) is 8.99. The van der Waals surface area contributed by atoms with Crippen molar-refractivity contribution in [2.75, 3.05) is 19.8 Å². The van der Waals surface area contributed by atoms with Gasteiger partial charge in [-0.1, -0.05) is 169 Å². The molecule has 2 unspecified atom stereocenters. The molecular formula is C51H96O11. The quantitative estimate of drug-likeness (QED) is 0.0205. The van der Waals surface area contributed by atoms with Crippen LogP contribution >= 0.6 is 0 Å². The molecule has 11 nitrogen and oxygen atoms in total. The standard InChI is InChI=1S/C19H36O3.C18H34O4.C8H18.C6H8O4/c1-3-4-5-6-10-13-16-21-19(20)15-12-9-7-8-11-14-18-17(2)22-18;1-3-5-15-21-17(19)13-11-9-7-8-10-12-14-18(20)22-16-6-4-2;1-3-5-7-8-6-4-2;7-3-1-6(10,5-9)2-4-8/h17-18H,3-16H2,1-2H3;3-16H2,1-2H3;3-8H2,1-2H3;3-5,10H,1-2H2. The van der Waals surface area contributed by atoms with Crippen molar-refractivity contribution in [2.24, 2.45) is 0 Å². The predicted octanol–water partition coefficient (Wildman–Crippen LogP) is 12.7. The molecule has 0 saturated carbocycles. The molecule has 366 valence electrons. The maximum absolute atomic E-state index is 11.6. The smallest absolute Gasteiger partial charge is 0.305 e. The van der Waals surface area contributed by atoms with E-state index in [4.69, 9.17) is 24.1 Å². The molecule has 11 heteroatoms. The average Bonchev–Trinajstić information content (AvgIpc) is 3.97. The molecule has 62 heavy (non-hydrogen) atoms. The number of esters is 3. The van der Waals surface area contributed by atoms with E-state index < -0.39 is 5.60 Å². The van der Waals surface area contributed by atoms with Gasteiger partial charge in [0.25, 0.3) is 0 Å². The summed E-state index contributed by atoms with van der Waals surface area (Å²) in [4.78, 5) is 64.0. The lowest BCUT2D eigenvalue weighted by Crippen LogP contribution is -2.31. The number of carbonyl (C=O) groups is 6. The number of hydrogen-bond acceptors (Lipinski definition) is 11. The van der Waals surface area contributed by atoms with E-state index in [-0.39, 0.29) is 37.0 Å². The third kappa shape index (κ3) is 51.7. The third-order valence-corrected chi connectivity index (χ3v) is 10.6. The Morgan fingerprint density at radius 2 is 0.758 bits per heavy atom. The van der Waals surface area contributed by atoms with Crippen LogP contribution in [-0.2, 0) is 47.7 Å². The summed E-state index contributed by atoms with van der Waals surface area (Å²) in [7, 11) is 0. The van der Waals surface area contributed by atoms with Gasteiger partial charge in [-0.2, -0.15) is 0 Å². The van der Waals surface area contributed by atoms with Gasteiger partial charge in [-0.15, -0.1) is 0 Å². The highest BCUT2D eigenvalue weighted by Gasteiger charge is 2.32. The first-order valence-electron chi connectivity index (χ1n) is 25.2. The fourth-order valence-electron chi connectivity index (χ4n) is 6.19. The number of ether oxygens (including phenoxy) is 4. The van der Waals surface area contributed by atoms with Crippen molar-refractivity contribution in [3.8, 4) is 0 Å². The fourth-order valence-corrected chi connectivity index (χ4v) is 6.19. The van der Waals surface area contributed by atoms with Crippen LogP contribution in [0.4, 0.5) is 0 Å². The minimum Gasteiger partial charge on any atom is -0.466 e. The minimum absolute atomic E-state index is 0.00577. The summed E-state index contributed by atoms with van der Waals surface area (Å²) in [6, 6.07) is 0. The molecule has 0 aromatic heterocycles. The molecule has 0 aromatic carbocycles. The zero-order chi connectivity index (χ0) is 46.8. The highest BCUT2D eigenvalue weighted by molar-refractivity contribution is 5.73. The van der Waals surface area contributed by atoms with E-state index in [0.717, 1.165) is 83.5 Å². The number of aldehydes is 3. The fraction of sp³-hybridized carbons (Fsp3) is 0.882. The molecule has 0 radical (unpaired) electrons. The lowest BCUT2D eigenvalue weighted by molar-refractivity contribution is -0.144. The Bertz CT molecular complexity index is 974. The summed E-state index contributed by atoms with van der Waals surface area (Å²) >= 11 is 0. The Balaban J connectivity index is -0.000000813. The van der Waals surface area contributed by atoms with Crippen molar-refractivity contribution in [2.45, 2.75) is 271 Å². The summed E-state index contributed by atoms with van der Waals surface area (Å²) in [5.74, 6) is -0.139. The van der Waals surface area contributed by atoms with Gasteiger partial charge in [-0.05, 0) is 51.9 Å². The predicted molar refractivity (Wildman–Crippen MR) is 251 cm³/mol. The highest BCUT2D eigenvalue weighted by atomic mass is 16.6. The Kier molecular flexibility index (Phi) is 52.3. The van der Waals surface area contributed by atoms with Gasteiger partial charge in [0.05, 0.1) is 32.0 Å². The molecule has 1 rings (SSSR count). The van der Waals surface area contributed by atoms with Crippen LogP contribution in [0.5, 0.6) is 0 Å². The van der Waals surface area contributed by atoms with Gasteiger partial charge in [0.1, 0.15) is 18.2 Å². The average molecular weight is 885 g/mol. The Hall–Kier alpha value is -2.66. The highest BCUT2D eigenvalue weighted by Crippen LogP contribution is 2.26. The van der Waals surface area contributed by atoms with E-state index in [9.17, 15) is 28.8 Å². The molecule has 0 aliphatic carbocycles. The molecule has 0 spiro atoms. The molecular weight excluding hydrogens is 789 g/mol. The molecule has 1 fully saturated rings. The van der Waals surface area contributed by atoms with Gasteiger partial charge in [-0.3, -0.25) is 14.4 Å². The molecule has 1 aliphatic heterocycles. The largest absolute Gasteiger partial charge is 0.466 e. The van der Waals surface area contributed by atoms with Gasteiger partial charge >= 0.3 is 17.9 Å². The summed E-state index contributed by atoms with van der Waals surface area (Å²) in [5.41, 5.74) is -1.77. The number of hydrogen-bond donors (Lipinski definition) is 1. The van der Waals surface area contributed by atoms with Crippen LogP contribution in [0, 0.1) is 0 Å². The van der Waals surface area contributed by atoms with Crippen LogP contribution in [0.2, 0.25) is 0 Å². The monoisotopic (exact) mass is 885 g/mol. The van der Waals surface area contributed by atoms with Crippen LogP contribution in [-0.4, -0.2) is 79.5 Å². The van der Waals surface area contributed by atoms with Crippen molar-refractivity contribution in [3.05, 3.63) is 0 Å². The second-order valence-corrected chi connectivity index (χ2v) is 16.8. The topological polar surface area (TPSA) is 163 Å². The minimum atomic E-state index is -1.77. The van der Waals surface area contributed by atoms with Crippen molar-refractivity contribution in [3.63, 3.8) is 0 Å². The number of rotatable bonds is 40.